The molecule has 0 aliphatic carbocycles. The highest BCUT2D eigenvalue weighted by atomic mass is 16.5. The van der Waals surface area contributed by atoms with Crippen LogP contribution in [0.4, 0.5) is 0 Å². The Bertz CT molecular complexity index is 454. The molecule has 1 amide bonds. The molecule has 1 N–H and O–H groups in total. The summed E-state index contributed by atoms with van der Waals surface area (Å²) in [6.45, 7) is 8.29. The van der Waals surface area contributed by atoms with Gasteiger partial charge in [-0.2, -0.15) is 0 Å². The molecule has 1 aromatic rings. The molecular weight excluding hydrogens is 252 g/mol. The number of carbonyl (C=O) groups excluding carboxylic acids is 1. The van der Waals surface area contributed by atoms with Crippen molar-refractivity contribution in [2.75, 3.05) is 33.3 Å². The molecule has 0 radical (unpaired) electrons. The van der Waals surface area contributed by atoms with Crippen LogP contribution in [-0.2, 0) is 0 Å². The normalized spacial score (nSPS) is 17.9. The molecule has 2 rings (SSSR count). The standard InChI is InChI=1S/C16H24N2O2/c1-4-13(2)17-8-10-18(11-9-17)16(19)14-6-5-7-15(12-14)20-3/h5-7,12-13H,4,8-11H2,1-3H3/p+1/t13-/m1/s1. The van der Waals surface area contributed by atoms with E-state index in [0.29, 0.717) is 6.04 Å². The largest absolute Gasteiger partial charge is 0.497 e. The number of ether oxygens (including phenoxy) is 1. The van der Waals surface area contributed by atoms with E-state index in [-0.39, 0.29) is 5.91 Å². The van der Waals surface area contributed by atoms with E-state index in [4.69, 9.17) is 4.74 Å². The molecule has 1 atom stereocenters. The summed E-state index contributed by atoms with van der Waals surface area (Å²) in [6, 6.07) is 8.09. The zero-order valence-electron chi connectivity index (χ0n) is 12.7. The molecule has 1 heterocycles. The summed E-state index contributed by atoms with van der Waals surface area (Å²) >= 11 is 0. The summed E-state index contributed by atoms with van der Waals surface area (Å²) in [7, 11) is 1.62. The lowest BCUT2D eigenvalue weighted by Gasteiger charge is -2.35. The average molecular weight is 277 g/mol. The number of nitrogens with one attached hydrogen (secondary N) is 1. The first-order chi connectivity index (χ1) is 9.65. The second-order valence-corrected chi connectivity index (χ2v) is 5.49. The molecule has 1 aliphatic rings. The number of carbonyl (C=O) groups is 1. The van der Waals surface area contributed by atoms with Crippen molar-refractivity contribution in [3.05, 3.63) is 29.8 Å². The minimum Gasteiger partial charge on any atom is -0.497 e. The van der Waals surface area contributed by atoms with Gasteiger partial charge in [-0.15, -0.1) is 0 Å². The maximum Gasteiger partial charge on any atom is 0.254 e. The third kappa shape index (κ3) is 3.31. The van der Waals surface area contributed by atoms with Crippen molar-refractivity contribution in [2.24, 2.45) is 0 Å². The van der Waals surface area contributed by atoms with Gasteiger partial charge in [-0.25, -0.2) is 0 Å². The Morgan fingerprint density at radius 1 is 1.40 bits per heavy atom. The third-order valence-electron chi connectivity index (χ3n) is 4.32. The van der Waals surface area contributed by atoms with Crippen molar-refractivity contribution < 1.29 is 14.4 Å². The molecule has 0 aromatic heterocycles. The molecule has 110 valence electrons. The number of hydrogen-bond acceptors (Lipinski definition) is 2. The smallest absolute Gasteiger partial charge is 0.254 e. The van der Waals surface area contributed by atoms with Crippen LogP contribution in [0.3, 0.4) is 0 Å². The zero-order valence-corrected chi connectivity index (χ0v) is 12.7. The van der Waals surface area contributed by atoms with E-state index in [1.807, 2.05) is 29.2 Å². The van der Waals surface area contributed by atoms with Gasteiger partial charge < -0.3 is 14.5 Å². The Kier molecular flexibility index (Phi) is 5.01. The van der Waals surface area contributed by atoms with Crippen LogP contribution in [0.15, 0.2) is 24.3 Å². The average Bonchev–Trinajstić information content (AvgIpc) is 2.53. The van der Waals surface area contributed by atoms with Gasteiger partial charge in [0.25, 0.3) is 5.91 Å². The number of hydrogen-bond donors (Lipinski definition) is 1. The molecular formula is C16H25N2O2+. The fourth-order valence-corrected chi connectivity index (χ4v) is 2.72. The molecule has 20 heavy (non-hydrogen) atoms. The van der Waals surface area contributed by atoms with Crippen LogP contribution in [-0.4, -0.2) is 50.1 Å². The number of benzene rings is 1. The van der Waals surface area contributed by atoms with Crippen molar-refractivity contribution in [1.82, 2.24) is 4.90 Å². The van der Waals surface area contributed by atoms with E-state index >= 15 is 0 Å². The first-order valence-corrected chi connectivity index (χ1v) is 7.43. The van der Waals surface area contributed by atoms with Gasteiger partial charge in [0.2, 0.25) is 0 Å². The molecule has 1 fully saturated rings. The van der Waals surface area contributed by atoms with E-state index in [2.05, 4.69) is 13.8 Å². The SMILES string of the molecule is CC[C@@H](C)[NH+]1CCN(C(=O)c2cccc(OC)c2)CC1. The zero-order chi connectivity index (χ0) is 14.5. The lowest BCUT2D eigenvalue weighted by Crippen LogP contribution is -3.17. The van der Waals surface area contributed by atoms with Gasteiger partial charge in [-0.05, 0) is 31.5 Å². The van der Waals surface area contributed by atoms with Crippen molar-refractivity contribution in [2.45, 2.75) is 26.3 Å². The quantitative estimate of drug-likeness (QED) is 0.885. The highest BCUT2D eigenvalue weighted by Crippen LogP contribution is 2.14. The summed E-state index contributed by atoms with van der Waals surface area (Å²) < 4.78 is 5.18. The molecule has 4 nitrogen and oxygen atoms in total. The van der Waals surface area contributed by atoms with Crippen LogP contribution in [0.25, 0.3) is 0 Å². The van der Waals surface area contributed by atoms with Gasteiger partial charge in [-0.1, -0.05) is 13.0 Å². The van der Waals surface area contributed by atoms with Gasteiger partial charge in [0.05, 0.1) is 39.3 Å². The lowest BCUT2D eigenvalue weighted by molar-refractivity contribution is -0.927. The minimum absolute atomic E-state index is 0.118. The number of nitrogens with zero attached hydrogens (tertiary/aromatic N) is 1. The molecule has 0 bridgehead atoms. The molecule has 1 aromatic carbocycles. The van der Waals surface area contributed by atoms with E-state index in [9.17, 15) is 4.79 Å². The maximum absolute atomic E-state index is 12.5. The lowest BCUT2D eigenvalue weighted by atomic mass is 10.1. The van der Waals surface area contributed by atoms with Gasteiger partial charge in [-0.3, -0.25) is 4.79 Å². The van der Waals surface area contributed by atoms with Gasteiger partial charge in [0.15, 0.2) is 0 Å². The number of amides is 1. The highest BCUT2D eigenvalue weighted by molar-refractivity contribution is 5.94. The monoisotopic (exact) mass is 277 g/mol. The fourth-order valence-electron chi connectivity index (χ4n) is 2.72. The van der Waals surface area contributed by atoms with Crippen molar-refractivity contribution in [3.63, 3.8) is 0 Å². The molecule has 0 saturated carbocycles. The second-order valence-electron chi connectivity index (χ2n) is 5.49. The van der Waals surface area contributed by atoms with Crippen molar-refractivity contribution >= 4 is 5.91 Å². The van der Waals surface area contributed by atoms with Crippen molar-refractivity contribution in [1.29, 1.82) is 0 Å². The van der Waals surface area contributed by atoms with Crippen LogP contribution in [0, 0.1) is 0 Å². The fraction of sp³-hybridized carbons (Fsp3) is 0.562. The first kappa shape index (κ1) is 14.9. The summed E-state index contributed by atoms with van der Waals surface area (Å²) in [5, 5.41) is 0. The Balaban J connectivity index is 1.97. The minimum atomic E-state index is 0.118. The Morgan fingerprint density at radius 2 is 2.10 bits per heavy atom. The predicted octanol–water partition coefficient (Wildman–Crippen LogP) is 0.834. The molecule has 0 unspecified atom stereocenters. The van der Waals surface area contributed by atoms with Crippen LogP contribution in [0.1, 0.15) is 30.6 Å². The predicted molar refractivity (Wildman–Crippen MR) is 79.3 cm³/mol. The van der Waals surface area contributed by atoms with E-state index in [1.54, 1.807) is 12.0 Å². The van der Waals surface area contributed by atoms with E-state index < -0.39 is 0 Å². The Morgan fingerprint density at radius 3 is 2.70 bits per heavy atom. The van der Waals surface area contributed by atoms with Gasteiger partial charge in [0, 0.05) is 5.56 Å². The summed E-state index contributed by atoms with van der Waals surface area (Å²) in [5.74, 6) is 0.854. The Hall–Kier alpha value is -1.55. The van der Waals surface area contributed by atoms with Crippen LogP contribution in [0.2, 0.25) is 0 Å². The van der Waals surface area contributed by atoms with Crippen LogP contribution in [0.5, 0.6) is 5.75 Å². The molecule has 4 heteroatoms. The van der Waals surface area contributed by atoms with Gasteiger partial charge >= 0.3 is 0 Å². The number of rotatable bonds is 4. The second kappa shape index (κ2) is 6.75. The number of methoxy groups -OCH3 is 1. The summed E-state index contributed by atoms with van der Waals surface area (Å²) in [6.07, 6.45) is 1.19. The number of piperazine rings is 1. The Labute approximate surface area is 121 Å². The summed E-state index contributed by atoms with van der Waals surface area (Å²) in [5.41, 5.74) is 0.719. The maximum atomic E-state index is 12.5. The highest BCUT2D eigenvalue weighted by Gasteiger charge is 2.26. The molecule has 1 saturated heterocycles. The molecule has 1 aliphatic heterocycles. The number of quaternary nitrogens is 1. The topological polar surface area (TPSA) is 34.0 Å². The summed E-state index contributed by atoms with van der Waals surface area (Å²) in [4.78, 5) is 16.0. The molecule has 0 spiro atoms. The van der Waals surface area contributed by atoms with Crippen molar-refractivity contribution in [3.8, 4) is 5.75 Å². The van der Waals surface area contributed by atoms with Gasteiger partial charge in [0.1, 0.15) is 5.75 Å². The van der Waals surface area contributed by atoms with Crippen LogP contribution >= 0.6 is 0 Å². The van der Waals surface area contributed by atoms with Crippen LogP contribution < -0.4 is 9.64 Å². The first-order valence-electron chi connectivity index (χ1n) is 7.43. The third-order valence-corrected chi connectivity index (χ3v) is 4.32. The van der Waals surface area contributed by atoms with E-state index in [0.717, 1.165) is 37.5 Å². The van der Waals surface area contributed by atoms with E-state index in [1.165, 1.54) is 6.42 Å².